The van der Waals surface area contributed by atoms with Crippen molar-refractivity contribution in [2.75, 3.05) is 45.3 Å². The summed E-state index contributed by atoms with van der Waals surface area (Å²) in [5, 5.41) is 4.30. The molecule has 2 aromatic carbocycles. The third kappa shape index (κ3) is 5.13. The lowest BCUT2D eigenvalue weighted by molar-refractivity contribution is -0.115. The second-order valence-corrected chi connectivity index (χ2v) is 7.61. The van der Waals surface area contributed by atoms with E-state index in [0.29, 0.717) is 23.4 Å². The number of rotatable bonds is 7. The molecule has 0 saturated carbocycles. The fraction of sp³-hybridized carbons (Fsp3) is 0.333. The van der Waals surface area contributed by atoms with E-state index in [4.69, 9.17) is 9.47 Å². The fourth-order valence-electron chi connectivity index (χ4n) is 3.84. The van der Waals surface area contributed by atoms with Crippen molar-refractivity contribution < 1.29 is 14.3 Å². The van der Waals surface area contributed by atoms with Crippen LogP contribution < -0.4 is 15.6 Å². The number of carbonyl (C=O) groups is 1. The summed E-state index contributed by atoms with van der Waals surface area (Å²) in [4.78, 5) is 27.9. The zero-order valence-corrected chi connectivity index (χ0v) is 17.7. The van der Waals surface area contributed by atoms with Gasteiger partial charge in [0.15, 0.2) is 0 Å². The Bertz CT molecular complexity index is 1120. The molecule has 2 heterocycles. The van der Waals surface area contributed by atoms with Crippen LogP contribution in [0.2, 0.25) is 0 Å². The molecule has 3 aromatic rings. The van der Waals surface area contributed by atoms with E-state index in [2.05, 4.69) is 10.2 Å². The second-order valence-electron chi connectivity index (χ2n) is 7.61. The first-order valence-corrected chi connectivity index (χ1v) is 10.5. The van der Waals surface area contributed by atoms with Crippen LogP contribution in [0, 0.1) is 0 Å². The number of carbonyl (C=O) groups excluding carboxylic acids is 1. The SMILES string of the molecule is COc1cccc(CC(=O)Nc2cccc3c(=O)n(CCN4CCOCC4)ccc23)c1. The minimum atomic E-state index is -0.141. The molecule has 1 fully saturated rings. The molecule has 0 aliphatic carbocycles. The minimum Gasteiger partial charge on any atom is -0.497 e. The Morgan fingerprint density at radius 1 is 1.06 bits per heavy atom. The van der Waals surface area contributed by atoms with Crippen LogP contribution in [0.1, 0.15) is 5.56 Å². The average molecular weight is 421 g/mol. The van der Waals surface area contributed by atoms with E-state index < -0.39 is 0 Å². The van der Waals surface area contributed by atoms with Gasteiger partial charge in [0, 0.05) is 48.8 Å². The third-order valence-electron chi connectivity index (χ3n) is 5.55. The number of aromatic nitrogens is 1. The third-order valence-corrected chi connectivity index (χ3v) is 5.55. The van der Waals surface area contributed by atoms with Crippen LogP contribution in [0.5, 0.6) is 5.75 Å². The van der Waals surface area contributed by atoms with E-state index in [1.165, 1.54) is 0 Å². The van der Waals surface area contributed by atoms with Gasteiger partial charge in [0.1, 0.15) is 5.75 Å². The number of anilines is 1. The number of fused-ring (bicyclic) bond motifs is 1. The lowest BCUT2D eigenvalue weighted by Gasteiger charge is -2.26. The molecule has 0 spiro atoms. The number of amides is 1. The summed E-state index contributed by atoms with van der Waals surface area (Å²) in [6.45, 7) is 4.71. The van der Waals surface area contributed by atoms with E-state index in [-0.39, 0.29) is 17.9 Å². The van der Waals surface area contributed by atoms with Crippen LogP contribution in [0.25, 0.3) is 10.8 Å². The summed E-state index contributed by atoms with van der Waals surface area (Å²) < 4.78 is 12.3. The van der Waals surface area contributed by atoms with Gasteiger partial charge in [0.25, 0.3) is 5.56 Å². The molecule has 0 radical (unpaired) electrons. The number of morpholine rings is 1. The highest BCUT2D eigenvalue weighted by Crippen LogP contribution is 2.21. The zero-order valence-electron chi connectivity index (χ0n) is 17.7. The monoisotopic (exact) mass is 421 g/mol. The van der Waals surface area contributed by atoms with E-state index in [9.17, 15) is 9.59 Å². The van der Waals surface area contributed by atoms with Gasteiger partial charge in [-0.05, 0) is 35.9 Å². The summed E-state index contributed by atoms with van der Waals surface area (Å²) in [5.41, 5.74) is 1.46. The van der Waals surface area contributed by atoms with Crippen LogP contribution in [-0.2, 0) is 22.5 Å². The van der Waals surface area contributed by atoms with Gasteiger partial charge in [-0.2, -0.15) is 0 Å². The molecule has 31 heavy (non-hydrogen) atoms. The Kier molecular flexibility index (Phi) is 6.64. The van der Waals surface area contributed by atoms with E-state index in [1.807, 2.05) is 42.6 Å². The molecule has 0 atom stereocenters. The number of nitrogens with one attached hydrogen (secondary N) is 1. The van der Waals surface area contributed by atoms with Gasteiger partial charge in [-0.1, -0.05) is 18.2 Å². The van der Waals surface area contributed by atoms with Crippen molar-refractivity contribution >= 4 is 22.4 Å². The lowest BCUT2D eigenvalue weighted by Crippen LogP contribution is -2.39. The van der Waals surface area contributed by atoms with Crippen LogP contribution in [-0.4, -0.2) is 55.3 Å². The van der Waals surface area contributed by atoms with Gasteiger partial charge < -0.3 is 19.4 Å². The smallest absolute Gasteiger partial charge is 0.258 e. The number of methoxy groups -OCH3 is 1. The van der Waals surface area contributed by atoms with Crippen molar-refractivity contribution in [3.8, 4) is 5.75 Å². The Morgan fingerprint density at radius 2 is 1.87 bits per heavy atom. The first kappa shape index (κ1) is 21.1. The summed E-state index contributed by atoms with van der Waals surface area (Å²) in [6, 6.07) is 14.8. The van der Waals surface area contributed by atoms with Gasteiger partial charge in [-0.25, -0.2) is 0 Å². The van der Waals surface area contributed by atoms with Gasteiger partial charge >= 0.3 is 0 Å². The zero-order chi connectivity index (χ0) is 21.6. The second kappa shape index (κ2) is 9.76. The fourth-order valence-corrected chi connectivity index (χ4v) is 3.84. The van der Waals surface area contributed by atoms with Gasteiger partial charge in [0.05, 0.1) is 26.7 Å². The summed E-state index contributed by atoms with van der Waals surface area (Å²) in [7, 11) is 1.60. The van der Waals surface area contributed by atoms with Crippen LogP contribution in [0.15, 0.2) is 59.5 Å². The largest absolute Gasteiger partial charge is 0.497 e. The number of benzene rings is 2. The maximum absolute atomic E-state index is 13.0. The van der Waals surface area contributed by atoms with Crippen LogP contribution in [0.4, 0.5) is 5.69 Å². The predicted molar refractivity (Wildman–Crippen MR) is 121 cm³/mol. The number of nitrogens with zero attached hydrogens (tertiary/aromatic N) is 2. The molecule has 162 valence electrons. The Labute approximate surface area is 181 Å². The van der Waals surface area contributed by atoms with Crippen LogP contribution >= 0.6 is 0 Å². The predicted octanol–water partition coefficient (Wildman–Crippen LogP) is 2.52. The van der Waals surface area contributed by atoms with Crippen molar-refractivity contribution in [1.29, 1.82) is 0 Å². The summed E-state index contributed by atoms with van der Waals surface area (Å²) in [5.74, 6) is 0.574. The van der Waals surface area contributed by atoms with Gasteiger partial charge in [0.2, 0.25) is 5.91 Å². The van der Waals surface area contributed by atoms with Crippen molar-refractivity contribution in [3.63, 3.8) is 0 Å². The number of hydrogen-bond donors (Lipinski definition) is 1. The van der Waals surface area contributed by atoms with Crippen LogP contribution in [0.3, 0.4) is 0 Å². The van der Waals surface area contributed by atoms with Crippen molar-refractivity contribution in [1.82, 2.24) is 9.47 Å². The first-order chi connectivity index (χ1) is 15.1. The molecule has 7 heteroatoms. The maximum atomic E-state index is 13.0. The Balaban J connectivity index is 1.48. The Hall–Kier alpha value is -3.16. The Morgan fingerprint density at radius 3 is 2.68 bits per heavy atom. The molecular formula is C24H27N3O4. The first-order valence-electron chi connectivity index (χ1n) is 10.5. The van der Waals surface area contributed by atoms with Gasteiger partial charge in [-0.3, -0.25) is 14.5 Å². The highest BCUT2D eigenvalue weighted by molar-refractivity contribution is 6.02. The number of ether oxygens (including phenoxy) is 2. The highest BCUT2D eigenvalue weighted by atomic mass is 16.5. The number of pyridine rings is 1. The number of hydrogen-bond acceptors (Lipinski definition) is 5. The maximum Gasteiger partial charge on any atom is 0.258 e. The molecule has 1 aliphatic heterocycles. The quantitative estimate of drug-likeness (QED) is 0.635. The molecule has 1 N–H and O–H groups in total. The van der Waals surface area contributed by atoms with Crippen molar-refractivity contribution in [2.45, 2.75) is 13.0 Å². The molecule has 1 amide bonds. The molecule has 4 rings (SSSR count). The summed E-state index contributed by atoms with van der Waals surface area (Å²) in [6.07, 6.45) is 2.03. The van der Waals surface area contributed by atoms with E-state index in [1.54, 1.807) is 23.8 Å². The molecule has 7 nitrogen and oxygen atoms in total. The standard InChI is InChI=1S/C24H27N3O4/c1-30-19-5-2-4-18(16-19)17-23(28)25-22-7-3-6-21-20(22)8-9-27(24(21)29)11-10-26-12-14-31-15-13-26/h2-9,16H,10-15,17H2,1H3,(H,25,28). The van der Waals surface area contributed by atoms with Crippen molar-refractivity contribution in [3.05, 3.63) is 70.6 Å². The summed E-state index contributed by atoms with van der Waals surface area (Å²) >= 11 is 0. The topological polar surface area (TPSA) is 72.8 Å². The molecule has 1 aliphatic rings. The van der Waals surface area contributed by atoms with Crippen molar-refractivity contribution in [2.24, 2.45) is 0 Å². The lowest BCUT2D eigenvalue weighted by atomic mass is 10.1. The van der Waals surface area contributed by atoms with Gasteiger partial charge in [-0.15, -0.1) is 0 Å². The minimum absolute atomic E-state index is 0.0466. The normalized spacial score (nSPS) is 14.5. The molecule has 1 aromatic heterocycles. The van der Waals surface area contributed by atoms with E-state index in [0.717, 1.165) is 43.8 Å². The highest BCUT2D eigenvalue weighted by Gasteiger charge is 2.13. The van der Waals surface area contributed by atoms with E-state index >= 15 is 0 Å². The average Bonchev–Trinajstić information content (AvgIpc) is 2.80. The molecule has 0 bridgehead atoms. The molecule has 0 unspecified atom stereocenters. The molecular weight excluding hydrogens is 394 g/mol. The molecule has 1 saturated heterocycles.